The lowest BCUT2D eigenvalue weighted by molar-refractivity contribution is 0.163. The molecule has 0 amide bonds. The first-order chi connectivity index (χ1) is 8.08. The minimum atomic E-state index is -2.40. The fraction of sp³-hybridized carbons (Fsp3) is 0.182. The van der Waals surface area contributed by atoms with Gasteiger partial charge in [-0.15, -0.1) is 0 Å². The quantitative estimate of drug-likeness (QED) is 0.856. The summed E-state index contributed by atoms with van der Waals surface area (Å²) in [5.41, 5.74) is 7.53. The van der Waals surface area contributed by atoms with Crippen LogP contribution in [0.3, 0.4) is 0 Å². The van der Waals surface area contributed by atoms with Crippen LogP contribution in [-0.2, 0) is 0 Å². The van der Waals surface area contributed by atoms with Crippen molar-refractivity contribution in [3.8, 4) is 0 Å². The molecule has 0 aliphatic carbocycles. The number of fused-ring (bicyclic) bond motifs is 1. The molecule has 2 aromatic rings. The van der Waals surface area contributed by atoms with Crippen LogP contribution in [0.4, 0.5) is 20.2 Å². The molecule has 0 saturated carbocycles. The van der Waals surface area contributed by atoms with Crippen molar-refractivity contribution in [3.63, 3.8) is 0 Å². The Balaban J connectivity index is 2.47. The van der Waals surface area contributed by atoms with Crippen LogP contribution in [-0.4, -0.2) is 18.0 Å². The molecule has 1 heterocycles. The van der Waals surface area contributed by atoms with E-state index in [1.165, 1.54) is 0 Å². The molecule has 3 N–H and O–H groups in total. The van der Waals surface area contributed by atoms with Crippen LogP contribution >= 0.6 is 15.9 Å². The van der Waals surface area contributed by atoms with E-state index in [0.29, 0.717) is 16.9 Å². The van der Waals surface area contributed by atoms with Gasteiger partial charge >= 0.3 is 0 Å². The van der Waals surface area contributed by atoms with Crippen molar-refractivity contribution in [1.29, 1.82) is 0 Å². The third kappa shape index (κ3) is 2.63. The van der Waals surface area contributed by atoms with E-state index in [1.807, 2.05) is 6.07 Å². The Bertz CT molecular complexity index is 545. The monoisotopic (exact) mass is 301 g/mol. The number of nitrogens with one attached hydrogen (secondary N) is 1. The molecule has 1 aromatic heterocycles. The molecule has 2 rings (SSSR count). The first-order valence-electron chi connectivity index (χ1n) is 4.93. The number of rotatable bonds is 3. The maximum Gasteiger partial charge on any atom is 0.255 e. The van der Waals surface area contributed by atoms with Gasteiger partial charge in [0.2, 0.25) is 0 Å². The topological polar surface area (TPSA) is 50.9 Å². The van der Waals surface area contributed by atoms with Gasteiger partial charge in [0, 0.05) is 21.7 Å². The van der Waals surface area contributed by atoms with Crippen LogP contribution < -0.4 is 11.1 Å². The van der Waals surface area contributed by atoms with Crippen molar-refractivity contribution < 1.29 is 8.78 Å². The van der Waals surface area contributed by atoms with Gasteiger partial charge in [-0.25, -0.2) is 8.78 Å². The Hall–Kier alpha value is -1.43. The van der Waals surface area contributed by atoms with Crippen molar-refractivity contribution in [1.82, 2.24) is 4.98 Å². The van der Waals surface area contributed by atoms with Gasteiger partial charge in [-0.05, 0) is 34.1 Å². The molecule has 90 valence electrons. The molecule has 0 aliphatic rings. The zero-order chi connectivity index (χ0) is 12.4. The molecule has 0 radical (unpaired) electrons. The second-order valence-electron chi connectivity index (χ2n) is 3.52. The first kappa shape index (κ1) is 12.0. The van der Waals surface area contributed by atoms with Gasteiger partial charge < -0.3 is 11.1 Å². The highest BCUT2D eigenvalue weighted by Gasteiger charge is 2.08. The molecule has 0 spiro atoms. The third-order valence-electron chi connectivity index (χ3n) is 2.30. The summed E-state index contributed by atoms with van der Waals surface area (Å²) in [5, 5.41) is 3.39. The Morgan fingerprint density at radius 3 is 2.88 bits per heavy atom. The summed E-state index contributed by atoms with van der Waals surface area (Å²) in [5.74, 6) is 0. The summed E-state index contributed by atoms with van der Waals surface area (Å²) in [6.45, 7) is -0.406. The molecule has 0 saturated heterocycles. The molecule has 1 aromatic carbocycles. The number of anilines is 2. The SMILES string of the molecule is Nc1ccc(NCC(F)F)c2ncc(Br)cc12. The minimum Gasteiger partial charge on any atom is -0.398 e. The lowest BCUT2D eigenvalue weighted by Gasteiger charge is -2.10. The largest absolute Gasteiger partial charge is 0.398 e. The highest BCUT2D eigenvalue weighted by atomic mass is 79.9. The summed E-state index contributed by atoms with van der Waals surface area (Å²) in [6, 6.07) is 5.14. The number of hydrogen-bond acceptors (Lipinski definition) is 3. The van der Waals surface area contributed by atoms with Gasteiger partial charge in [0.1, 0.15) is 0 Å². The van der Waals surface area contributed by atoms with E-state index < -0.39 is 13.0 Å². The van der Waals surface area contributed by atoms with Gasteiger partial charge in [-0.2, -0.15) is 0 Å². The summed E-state index contributed by atoms with van der Waals surface area (Å²) >= 11 is 3.29. The summed E-state index contributed by atoms with van der Waals surface area (Å²) in [7, 11) is 0. The first-order valence-corrected chi connectivity index (χ1v) is 5.73. The molecule has 0 bridgehead atoms. The number of benzene rings is 1. The molecule has 0 atom stereocenters. The normalized spacial score (nSPS) is 11.1. The van der Waals surface area contributed by atoms with E-state index in [1.54, 1.807) is 18.3 Å². The zero-order valence-electron chi connectivity index (χ0n) is 8.75. The standard InChI is InChI=1S/C11H10BrF2N3/c12-6-3-7-8(15)1-2-9(11(7)17-4-6)16-5-10(13)14/h1-4,10,16H,5,15H2. The number of hydrogen-bond donors (Lipinski definition) is 2. The van der Waals surface area contributed by atoms with Gasteiger partial charge in [0.25, 0.3) is 6.43 Å². The molecule has 17 heavy (non-hydrogen) atoms. The molecule has 6 heteroatoms. The fourth-order valence-electron chi connectivity index (χ4n) is 1.55. The van der Waals surface area contributed by atoms with Gasteiger partial charge in [0.15, 0.2) is 0 Å². The number of alkyl halides is 2. The second kappa shape index (κ2) is 4.83. The van der Waals surface area contributed by atoms with E-state index in [0.717, 1.165) is 9.86 Å². The molecule has 3 nitrogen and oxygen atoms in total. The van der Waals surface area contributed by atoms with Crippen LogP contribution in [0.1, 0.15) is 0 Å². The zero-order valence-corrected chi connectivity index (χ0v) is 10.3. The minimum absolute atomic E-state index is 0.406. The number of pyridine rings is 1. The Morgan fingerprint density at radius 1 is 1.41 bits per heavy atom. The average Bonchev–Trinajstić information content (AvgIpc) is 2.28. The molecule has 0 unspecified atom stereocenters. The maximum absolute atomic E-state index is 12.1. The smallest absolute Gasteiger partial charge is 0.255 e. The second-order valence-corrected chi connectivity index (χ2v) is 4.44. The number of halogens is 3. The Kier molecular flexibility index (Phi) is 3.42. The summed E-state index contributed by atoms with van der Waals surface area (Å²) < 4.78 is 25.1. The van der Waals surface area contributed by atoms with E-state index in [4.69, 9.17) is 5.73 Å². The molecular weight excluding hydrogens is 292 g/mol. The van der Waals surface area contributed by atoms with Crippen molar-refractivity contribution >= 4 is 38.2 Å². The highest BCUT2D eigenvalue weighted by Crippen LogP contribution is 2.28. The van der Waals surface area contributed by atoms with E-state index in [-0.39, 0.29) is 0 Å². The van der Waals surface area contributed by atoms with Crippen molar-refractivity contribution in [2.75, 3.05) is 17.6 Å². The predicted octanol–water partition coefficient (Wildman–Crippen LogP) is 3.26. The molecule has 0 aliphatic heterocycles. The lowest BCUT2D eigenvalue weighted by Crippen LogP contribution is -2.10. The lowest BCUT2D eigenvalue weighted by atomic mass is 10.1. The van der Waals surface area contributed by atoms with Crippen molar-refractivity contribution in [2.24, 2.45) is 0 Å². The Labute approximate surface area is 105 Å². The highest BCUT2D eigenvalue weighted by molar-refractivity contribution is 9.10. The summed E-state index contributed by atoms with van der Waals surface area (Å²) in [6.07, 6.45) is -0.798. The molecule has 0 fully saturated rings. The Morgan fingerprint density at radius 2 is 2.18 bits per heavy atom. The van der Waals surface area contributed by atoms with E-state index in [2.05, 4.69) is 26.2 Å². The average molecular weight is 302 g/mol. The van der Waals surface area contributed by atoms with Gasteiger partial charge in [-0.3, -0.25) is 4.98 Å². The fourth-order valence-corrected chi connectivity index (χ4v) is 1.88. The van der Waals surface area contributed by atoms with Crippen molar-refractivity contribution in [2.45, 2.75) is 6.43 Å². The van der Waals surface area contributed by atoms with E-state index in [9.17, 15) is 8.78 Å². The number of nitrogens with two attached hydrogens (primary N) is 1. The van der Waals surface area contributed by atoms with Gasteiger partial charge in [0.05, 0.1) is 17.7 Å². The number of nitrogens with zero attached hydrogens (tertiary/aromatic N) is 1. The number of aromatic nitrogens is 1. The van der Waals surface area contributed by atoms with Crippen LogP contribution in [0, 0.1) is 0 Å². The van der Waals surface area contributed by atoms with Crippen molar-refractivity contribution in [3.05, 3.63) is 28.9 Å². The third-order valence-corrected chi connectivity index (χ3v) is 2.73. The van der Waals surface area contributed by atoms with Gasteiger partial charge in [-0.1, -0.05) is 0 Å². The van der Waals surface area contributed by atoms with Crippen LogP contribution in [0.15, 0.2) is 28.9 Å². The maximum atomic E-state index is 12.1. The van der Waals surface area contributed by atoms with Crippen LogP contribution in [0.25, 0.3) is 10.9 Å². The van der Waals surface area contributed by atoms with Crippen LogP contribution in [0.2, 0.25) is 0 Å². The van der Waals surface area contributed by atoms with E-state index >= 15 is 0 Å². The predicted molar refractivity (Wildman–Crippen MR) is 68.3 cm³/mol. The summed E-state index contributed by atoms with van der Waals surface area (Å²) in [4.78, 5) is 4.19. The van der Waals surface area contributed by atoms with Crippen LogP contribution in [0.5, 0.6) is 0 Å². The number of nitrogen functional groups attached to an aromatic ring is 1. The molecular formula is C11H10BrF2N3.